The molecule has 0 aliphatic carbocycles. The number of hydrogen-bond donors (Lipinski definition) is 0. The first kappa shape index (κ1) is 26.2. The molecule has 0 atom stereocenters. The predicted octanol–water partition coefficient (Wildman–Crippen LogP) is 11.1. The molecule has 0 amide bonds. The van der Waals surface area contributed by atoms with E-state index in [-0.39, 0.29) is 5.41 Å². The highest BCUT2D eigenvalue weighted by Gasteiger charge is 2.38. The van der Waals surface area contributed by atoms with Crippen LogP contribution in [-0.2, 0) is 5.41 Å². The van der Waals surface area contributed by atoms with Crippen LogP contribution in [0.4, 0.5) is 0 Å². The Bertz CT molecular complexity index is 2710. The van der Waals surface area contributed by atoms with Gasteiger partial charge in [0.25, 0.3) is 0 Å². The van der Waals surface area contributed by atoms with E-state index in [4.69, 9.17) is 14.4 Å². The van der Waals surface area contributed by atoms with Crippen molar-refractivity contribution in [1.29, 1.82) is 0 Å². The molecule has 222 valence electrons. The van der Waals surface area contributed by atoms with Crippen molar-refractivity contribution in [3.63, 3.8) is 0 Å². The van der Waals surface area contributed by atoms with E-state index in [0.717, 1.165) is 72.3 Å². The van der Waals surface area contributed by atoms with Gasteiger partial charge in [0.15, 0.2) is 11.4 Å². The maximum atomic E-state index is 6.54. The van der Waals surface area contributed by atoms with Crippen LogP contribution >= 0.6 is 0 Å². The third-order valence-electron chi connectivity index (χ3n) is 9.97. The van der Waals surface area contributed by atoms with E-state index in [9.17, 15) is 0 Å². The zero-order valence-corrected chi connectivity index (χ0v) is 26.0. The van der Waals surface area contributed by atoms with Crippen molar-refractivity contribution in [1.82, 2.24) is 14.5 Å². The van der Waals surface area contributed by atoms with Crippen LogP contribution in [0.25, 0.3) is 83.3 Å². The number of furan rings is 1. The minimum absolute atomic E-state index is 0.324. The van der Waals surface area contributed by atoms with Crippen LogP contribution in [-0.4, -0.2) is 14.5 Å². The third kappa shape index (κ3) is 3.64. The number of hydrogen-bond acceptors (Lipinski definition) is 3. The number of rotatable bonds is 3. The molecule has 0 saturated heterocycles. The van der Waals surface area contributed by atoms with Crippen LogP contribution in [0.1, 0.15) is 25.0 Å². The van der Waals surface area contributed by atoms with Gasteiger partial charge in [0.05, 0.1) is 22.4 Å². The van der Waals surface area contributed by atoms with Crippen molar-refractivity contribution in [3.8, 4) is 39.5 Å². The molecule has 4 heteroatoms. The van der Waals surface area contributed by atoms with Gasteiger partial charge in [-0.15, -0.1) is 0 Å². The highest BCUT2D eigenvalue weighted by molar-refractivity contribution is 6.18. The fraction of sp³-hybridized carbons (Fsp3) is 0.0698. The molecule has 4 heterocycles. The van der Waals surface area contributed by atoms with Crippen molar-refractivity contribution < 1.29 is 4.42 Å². The lowest BCUT2D eigenvalue weighted by molar-refractivity contribution is 0.631. The number of aromatic nitrogens is 3. The number of benzene rings is 6. The van der Waals surface area contributed by atoms with Crippen LogP contribution in [0, 0.1) is 0 Å². The summed E-state index contributed by atoms with van der Waals surface area (Å²) in [6.07, 6.45) is 0. The number of para-hydroxylation sites is 3. The summed E-state index contributed by atoms with van der Waals surface area (Å²) in [5.74, 6) is 0.727. The minimum atomic E-state index is -0.324. The lowest BCUT2D eigenvalue weighted by atomic mass is 9.72. The summed E-state index contributed by atoms with van der Waals surface area (Å²) in [7, 11) is 0. The maximum absolute atomic E-state index is 6.54. The van der Waals surface area contributed by atoms with Crippen LogP contribution in [0.2, 0.25) is 0 Å². The van der Waals surface area contributed by atoms with Gasteiger partial charge in [-0.2, -0.15) is 0 Å². The van der Waals surface area contributed by atoms with Gasteiger partial charge in [-0.05, 0) is 58.7 Å². The van der Waals surface area contributed by atoms with Crippen LogP contribution in [0.15, 0.2) is 144 Å². The van der Waals surface area contributed by atoms with Gasteiger partial charge in [0.1, 0.15) is 11.1 Å². The van der Waals surface area contributed by atoms with E-state index < -0.39 is 0 Å². The Morgan fingerprint density at radius 3 is 2.17 bits per heavy atom. The normalized spacial score (nSPS) is 13.5. The Morgan fingerprint density at radius 2 is 1.28 bits per heavy atom. The van der Waals surface area contributed by atoms with Crippen LogP contribution in [0.3, 0.4) is 0 Å². The quantitative estimate of drug-likeness (QED) is 0.202. The second-order valence-electron chi connectivity index (χ2n) is 13.0. The molecule has 47 heavy (non-hydrogen) atoms. The van der Waals surface area contributed by atoms with E-state index in [1.807, 2.05) is 6.07 Å². The van der Waals surface area contributed by atoms with Gasteiger partial charge >= 0.3 is 0 Å². The average molecular weight is 604 g/mol. The van der Waals surface area contributed by atoms with Crippen LogP contribution in [0.5, 0.6) is 0 Å². The van der Waals surface area contributed by atoms with E-state index in [1.165, 1.54) is 22.2 Å². The second kappa shape index (κ2) is 9.51. The topological polar surface area (TPSA) is 43.9 Å². The molecule has 0 saturated carbocycles. The molecule has 0 spiro atoms. The summed E-state index contributed by atoms with van der Waals surface area (Å²) in [6.45, 7) is 4.65. The predicted molar refractivity (Wildman–Crippen MR) is 192 cm³/mol. The molecule has 6 aromatic carbocycles. The number of nitrogens with zero attached hydrogens (tertiary/aromatic N) is 3. The Hall–Kier alpha value is -6.00. The Labute approximate surface area is 271 Å². The fourth-order valence-electron chi connectivity index (χ4n) is 7.86. The molecule has 1 aliphatic rings. The average Bonchev–Trinajstić information content (AvgIpc) is 3.66. The molecule has 1 aliphatic heterocycles. The Balaban J connectivity index is 1.26. The molecule has 3 aromatic heterocycles. The molecule has 0 N–H and O–H groups in total. The van der Waals surface area contributed by atoms with E-state index in [0.29, 0.717) is 0 Å². The molecule has 0 unspecified atom stereocenters. The third-order valence-corrected chi connectivity index (χ3v) is 9.97. The summed E-state index contributed by atoms with van der Waals surface area (Å²) in [4.78, 5) is 10.6. The highest BCUT2D eigenvalue weighted by atomic mass is 16.3. The molecule has 10 rings (SSSR count). The Kier molecular flexibility index (Phi) is 5.31. The SMILES string of the molecule is CC1(C)c2c(-c3nc(-c4cccc(-c5ccccc5)c4)c4ccccc4n3)cccc2-n2c3c1cccc3c1oc3ccccc3c12. The molecular weight excluding hydrogens is 574 g/mol. The first-order valence-corrected chi connectivity index (χ1v) is 16.1. The van der Waals surface area contributed by atoms with Gasteiger partial charge in [0, 0.05) is 32.7 Å². The summed E-state index contributed by atoms with van der Waals surface area (Å²) in [5.41, 5.74) is 13.7. The highest BCUT2D eigenvalue weighted by Crippen LogP contribution is 2.51. The van der Waals surface area contributed by atoms with Gasteiger partial charge in [-0.25, -0.2) is 9.97 Å². The zero-order chi connectivity index (χ0) is 31.3. The zero-order valence-electron chi connectivity index (χ0n) is 26.0. The first-order valence-electron chi connectivity index (χ1n) is 16.1. The lowest BCUT2D eigenvalue weighted by Crippen LogP contribution is -2.27. The molecule has 9 aromatic rings. The van der Waals surface area contributed by atoms with Crippen molar-refractivity contribution in [2.24, 2.45) is 0 Å². The van der Waals surface area contributed by atoms with Gasteiger partial charge in [0.2, 0.25) is 0 Å². The summed E-state index contributed by atoms with van der Waals surface area (Å²) < 4.78 is 8.96. The monoisotopic (exact) mass is 603 g/mol. The van der Waals surface area contributed by atoms with E-state index in [2.05, 4.69) is 152 Å². The maximum Gasteiger partial charge on any atom is 0.161 e. The number of fused-ring (bicyclic) bond motifs is 8. The smallest absolute Gasteiger partial charge is 0.161 e. The van der Waals surface area contributed by atoms with E-state index in [1.54, 1.807) is 0 Å². The largest absolute Gasteiger partial charge is 0.454 e. The lowest BCUT2D eigenvalue weighted by Gasteiger charge is -2.36. The van der Waals surface area contributed by atoms with Crippen molar-refractivity contribution >= 4 is 43.9 Å². The van der Waals surface area contributed by atoms with Crippen molar-refractivity contribution in [3.05, 3.63) is 151 Å². The van der Waals surface area contributed by atoms with Gasteiger partial charge in [-0.3, -0.25) is 0 Å². The molecule has 0 radical (unpaired) electrons. The van der Waals surface area contributed by atoms with Crippen LogP contribution < -0.4 is 0 Å². The second-order valence-corrected chi connectivity index (χ2v) is 13.0. The van der Waals surface area contributed by atoms with E-state index >= 15 is 0 Å². The molecule has 4 nitrogen and oxygen atoms in total. The van der Waals surface area contributed by atoms with Crippen molar-refractivity contribution in [2.75, 3.05) is 0 Å². The molecule has 0 bridgehead atoms. The molecule has 0 fully saturated rings. The standard InChI is InChI=1S/C43H29N3O/c1-43(2)33-21-11-20-32-39(33)46(40-30-18-7-9-24-36(30)47-41(32)40)35-23-12-19-31(37(35)43)42-44-34-22-8-6-17-29(34)38(45-42)28-16-10-15-27(25-28)26-13-4-3-5-14-26/h3-25H,1-2H3. The Morgan fingerprint density at radius 1 is 0.574 bits per heavy atom. The van der Waals surface area contributed by atoms with Gasteiger partial charge in [-0.1, -0.05) is 117 Å². The summed E-state index contributed by atoms with van der Waals surface area (Å²) in [6, 6.07) is 49.1. The molecular formula is C43H29N3O. The fourth-order valence-corrected chi connectivity index (χ4v) is 7.86. The summed E-state index contributed by atoms with van der Waals surface area (Å²) >= 11 is 0. The van der Waals surface area contributed by atoms with Gasteiger partial charge < -0.3 is 8.98 Å². The minimum Gasteiger partial charge on any atom is -0.454 e. The van der Waals surface area contributed by atoms with Crippen molar-refractivity contribution in [2.45, 2.75) is 19.3 Å². The first-order chi connectivity index (χ1) is 23.1. The summed E-state index contributed by atoms with van der Waals surface area (Å²) in [5, 5.41) is 3.29.